The molecule has 1 atom stereocenters. The minimum Gasteiger partial charge on any atom is -0.311 e. The Balaban J connectivity index is 1.87. The SMILES string of the molecule is CC(=O)SC1CC(=O)N(c2ccc3cnccc3c2)C1. The molecule has 0 radical (unpaired) electrons. The van der Waals surface area contributed by atoms with Crippen LogP contribution in [-0.4, -0.2) is 27.8 Å². The number of anilines is 1. The van der Waals surface area contributed by atoms with E-state index in [9.17, 15) is 9.59 Å². The molecule has 1 aromatic carbocycles. The van der Waals surface area contributed by atoms with E-state index in [0.29, 0.717) is 13.0 Å². The van der Waals surface area contributed by atoms with Gasteiger partial charge < -0.3 is 4.90 Å². The lowest BCUT2D eigenvalue weighted by Crippen LogP contribution is -2.24. The summed E-state index contributed by atoms with van der Waals surface area (Å²) in [6.45, 7) is 2.14. The number of benzene rings is 1. The first-order chi connectivity index (χ1) is 9.63. The summed E-state index contributed by atoms with van der Waals surface area (Å²) >= 11 is 1.26. The van der Waals surface area contributed by atoms with E-state index >= 15 is 0 Å². The van der Waals surface area contributed by atoms with Gasteiger partial charge in [0.25, 0.3) is 0 Å². The Bertz CT molecular complexity index is 686. The topological polar surface area (TPSA) is 50.3 Å². The highest BCUT2D eigenvalue weighted by atomic mass is 32.2. The van der Waals surface area contributed by atoms with Gasteiger partial charge in [-0.15, -0.1) is 0 Å². The maximum Gasteiger partial charge on any atom is 0.228 e. The van der Waals surface area contributed by atoms with Crippen molar-refractivity contribution in [2.45, 2.75) is 18.6 Å². The minimum absolute atomic E-state index is 0.0631. The van der Waals surface area contributed by atoms with Gasteiger partial charge in [0.1, 0.15) is 0 Å². The number of amides is 1. The molecule has 2 heterocycles. The Morgan fingerprint density at radius 2 is 2.20 bits per heavy atom. The molecule has 5 heteroatoms. The highest BCUT2D eigenvalue weighted by Crippen LogP contribution is 2.30. The van der Waals surface area contributed by atoms with Crippen LogP contribution in [0, 0.1) is 0 Å². The molecule has 4 nitrogen and oxygen atoms in total. The van der Waals surface area contributed by atoms with Gasteiger partial charge in [-0.25, -0.2) is 0 Å². The molecule has 1 amide bonds. The Morgan fingerprint density at radius 3 is 3.00 bits per heavy atom. The molecular weight excluding hydrogens is 272 g/mol. The highest BCUT2D eigenvalue weighted by molar-refractivity contribution is 8.14. The summed E-state index contributed by atoms with van der Waals surface area (Å²) in [5.74, 6) is 0.0807. The van der Waals surface area contributed by atoms with Crippen LogP contribution in [-0.2, 0) is 9.59 Å². The number of pyridine rings is 1. The maximum atomic E-state index is 12.1. The van der Waals surface area contributed by atoms with Crippen LogP contribution in [0.15, 0.2) is 36.7 Å². The number of fused-ring (bicyclic) bond motifs is 1. The van der Waals surface area contributed by atoms with Crippen LogP contribution >= 0.6 is 11.8 Å². The standard InChI is InChI=1S/C15H14N2O2S/c1-10(18)20-14-7-15(19)17(9-14)13-3-2-12-8-16-5-4-11(12)6-13/h2-6,8,14H,7,9H2,1H3. The molecule has 0 saturated carbocycles. The van der Waals surface area contributed by atoms with Crippen LogP contribution in [0.5, 0.6) is 0 Å². The molecule has 0 spiro atoms. The summed E-state index contributed by atoms with van der Waals surface area (Å²) < 4.78 is 0. The lowest BCUT2D eigenvalue weighted by Gasteiger charge is -2.17. The van der Waals surface area contributed by atoms with Crippen molar-refractivity contribution in [2.24, 2.45) is 0 Å². The first kappa shape index (κ1) is 13.1. The van der Waals surface area contributed by atoms with Crippen molar-refractivity contribution in [3.63, 3.8) is 0 Å². The van der Waals surface area contributed by atoms with Crippen LogP contribution in [0.1, 0.15) is 13.3 Å². The highest BCUT2D eigenvalue weighted by Gasteiger charge is 2.31. The van der Waals surface area contributed by atoms with Gasteiger partial charge in [0.15, 0.2) is 5.12 Å². The zero-order valence-electron chi connectivity index (χ0n) is 11.1. The molecule has 1 unspecified atom stereocenters. The molecule has 1 aliphatic rings. The molecule has 102 valence electrons. The largest absolute Gasteiger partial charge is 0.311 e. The van der Waals surface area contributed by atoms with Crippen molar-refractivity contribution in [1.29, 1.82) is 0 Å². The molecule has 2 aromatic rings. The zero-order valence-corrected chi connectivity index (χ0v) is 11.9. The third-order valence-electron chi connectivity index (χ3n) is 3.36. The van der Waals surface area contributed by atoms with Crippen LogP contribution < -0.4 is 4.90 Å². The Labute approximate surface area is 121 Å². The molecule has 1 fully saturated rings. The molecule has 0 N–H and O–H groups in total. The van der Waals surface area contributed by atoms with Gasteiger partial charge in [0, 0.05) is 48.6 Å². The number of carbonyl (C=O) groups is 2. The monoisotopic (exact) mass is 286 g/mol. The number of nitrogens with zero attached hydrogens (tertiary/aromatic N) is 2. The van der Waals surface area contributed by atoms with Crippen LogP contribution in [0.3, 0.4) is 0 Å². The fourth-order valence-corrected chi connectivity index (χ4v) is 3.40. The predicted octanol–water partition coefficient (Wildman–Crippen LogP) is 2.62. The molecule has 1 saturated heterocycles. The minimum atomic E-state index is 0.0631. The van der Waals surface area contributed by atoms with Crippen molar-refractivity contribution < 1.29 is 9.59 Å². The van der Waals surface area contributed by atoms with E-state index in [1.165, 1.54) is 11.8 Å². The van der Waals surface area contributed by atoms with Gasteiger partial charge in [-0.2, -0.15) is 0 Å². The first-order valence-corrected chi connectivity index (χ1v) is 7.33. The summed E-state index contributed by atoms with van der Waals surface area (Å²) in [5, 5.41) is 2.24. The van der Waals surface area contributed by atoms with Gasteiger partial charge in [0.2, 0.25) is 5.91 Å². The summed E-state index contributed by atoms with van der Waals surface area (Å²) in [4.78, 5) is 29.1. The van der Waals surface area contributed by atoms with E-state index in [2.05, 4.69) is 4.98 Å². The average molecular weight is 286 g/mol. The van der Waals surface area contributed by atoms with Crippen molar-refractivity contribution in [2.75, 3.05) is 11.4 Å². The lowest BCUT2D eigenvalue weighted by molar-refractivity contribution is -0.117. The molecule has 1 aromatic heterocycles. The lowest BCUT2D eigenvalue weighted by atomic mass is 10.1. The van der Waals surface area contributed by atoms with E-state index in [1.54, 1.807) is 24.2 Å². The van der Waals surface area contributed by atoms with E-state index < -0.39 is 0 Å². The fourth-order valence-electron chi connectivity index (χ4n) is 2.48. The van der Waals surface area contributed by atoms with E-state index in [4.69, 9.17) is 0 Å². The molecule has 0 aliphatic carbocycles. The van der Waals surface area contributed by atoms with Crippen LogP contribution in [0.4, 0.5) is 5.69 Å². The predicted molar refractivity (Wildman–Crippen MR) is 80.8 cm³/mol. The number of rotatable bonds is 2. The maximum absolute atomic E-state index is 12.1. The van der Waals surface area contributed by atoms with Gasteiger partial charge >= 0.3 is 0 Å². The summed E-state index contributed by atoms with van der Waals surface area (Å²) in [6.07, 6.45) is 3.98. The van der Waals surface area contributed by atoms with E-state index in [0.717, 1.165) is 16.5 Å². The first-order valence-electron chi connectivity index (χ1n) is 6.45. The second-order valence-electron chi connectivity index (χ2n) is 4.85. The Hall–Kier alpha value is -1.88. The van der Waals surface area contributed by atoms with Gasteiger partial charge in [-0.1, -0.05) is 17.8 Å². The quantitative estimate of drug-likeness (QED) is 0.851. The van der Waals surface area contributed by atoms with Gasteiger partial charge in [-0.3, -0.25) is 14.6 Å². The van der Waals surface area contributed by atoms with Crippen molar-refractivity contribution in [3.05, 3.63) is 36.7 Å². The molecule has 20 heavy (non-hydrogen) atoms. The number of hydrogen-bond acceptors (Lipinski definition) is 4. The van der Waals surface area contributed by atoms with Gasteiger partial charge in [0.05, 0.1) is 0 Å². The summed E-state index contributed by atoms with van der Waals surface area (Å²) in [6, 6.07) is 7.83. The number of aromatic nitrogens is 1. The summed E-state index contributed by atoms with van der Waals surface area (Å²) in [5.41, 5.74) is 0.889. The van der Waals surface area contributed by atoms with E-state index in [-0.39, 0.29) is 16.3 Å². The van der Waals surface area contributed by atoms with Crippen molar-refractivity contribution in [1.82, 2.24) is 4.98 Å². The number of hydrogen-bond donors (Lipinski definition) is 0. The third-order valence-corrected chi connectivity index (χ3v) is 4.34. The Morgan fingerprint density at radius 1 is 1.35 bits per heavy atom. The second-order valence-corrected chi connectivity index (χ2v) is 6.32. The Kier molecular flexibility index (Phi) is 3.44. The molecular formula is C15H14N2O2S. The normalized spacial score (nSPS) is 18.8. The summed E-state index contributed by atoms with van der Waals surface area (Å²) in [7, 11) is 0. The number of thioether (sulfide) groups is 1. The van der Waals surface area contributed by atoms with Crippen molar-refractivity contribution >= 4 is 39.2 Å². The smallest absolute Gasteiger partial charge is 0.228 e. The second kappa shape index (κ2) is 5.25. The molecule has 3 rings (SSSR count). The van der Waals surface area contributed by atoms with Crippen molar-refractivity contribution in [3.8, 4) is 0 Å². The number of carbonyl (C=O) groups excluding carboxylic acids is 2. The molecule has 1 aliphatic heterocycles. The van der Waals surface area contributed by atoms with E-state index in [1.807, 2.05) is 24.3 Å². The van der Waals surface area contributed by atoms with Crippen LogP contribution in [0.2, 0.25) is 0 Å². The van der Waals surface area contributed by atoms with Gasteiger partial charge in [-0.05, 0) is 23.6 Å². The average Bonchev–Trinajstić information content (AvgIpc) is 2.78. The zero-order chi connectivity index (χ0) is 14.1. The third kappa shape index (κ3) is 2.54. The van der Waals surface area contributed by atoms with Crippen LogP contribution in [0.25, 0.3) is 10.8 Å². The fraction of sp³-hybridized carbons (Fsp3) is 0.267. The molecule has 0 bridgehead atoms.